The first kappa shape index (κ1) is 15.2. The van der Waals surface area contributed by atoms with Crippen molar-refractivity contribution in [2.45, 2.75) is 50.0 Å². The van der Waals surface area contributed by atoms with Crippen LogP contribution in [0.5, 0.6) is 0 Å². The van der Waals surface area contributed by atoms with Crippen LogP contribution < -0.4 is 5.32 Å². The number of rotatable bonds is 5. The molecule has 1 saturated heterocycles. The summed E-state index contributed by atoms with van der Waals surface area (Å²) in [6, 6.07) is 8.82. The Morgan fingerprint density at radius 3 is 2.95 bits per heavy atom. The van der Waals surface area contributed by atoms with Crippen molar-refractivity contribution in [1.82, 2.24) is 5.32 Å². The van der Waals surface area contributed by atoms with E-state index in [1.807, 2.05) is 0 Å². The lowest BCUT2D eigenvalue weighted by atomic mass is 9.87. The van der Waals surface area contributed by atoms with Crippen molar-refractivity contribution in [1.29, 1.82) is 0 Å². The van der Waals surface area contributed by atoms with E-state index in [4.69, 9.17) is 4.74 Å². The first-order chi connectivity index (χ1) is 10.3. The predicted octanol–water partition coefficient (Wildman–Crippen LogP) is 2.58. The van der Waals surface area contributed by atoms with E-state index in [-0.39, 0.29) is 17.4 Å². The molecule has 1 aliphatic carbocycles. The van der Waals surface area contributed by atoms with E-state index in [9.17, 15) is 4.21 Å². The number of hydrogen-bond donors (Lipinski definition) is 1. The highest BCUT2D eigenvalue weighted by Crippen LogP contribution is 2.33. The van der Waals surface area contributed by atoms with E-state index in [0.717, 1.165) is 38.8 Å². The van der Waals surface area contributed by atoms with Crippen LogP contribution in [0.25, 0.3) is 0 Å². The zero-order valence-electron chi connectivity index (χ0n) is 12.7. The maximum atomic E-state index is 12.8. The molecule has 1 aromatic rings. The van der Waals surface area contributed by atoms with E-state index < -0.39 is 10.8 Å². The Kier molecular flexibility index (Phi) is 5.09. The SMILES string of the molecule is CCNC1c2ccccc2CCC1S(=O)CC1CCCO1. The van der Waals surface area contributed by atoms with E-state index in [0.29, 0.717) is 5.75 Å². The van der Waals surface area contributed by atoms with Crippen molar-refractivity contribution in [3.63, 3.8) is 0 Å². The summed E-state index contributed by atoms with van der Waals surface area (Å²) >= 11 is 0. The van der Waals surface area contributed by atoms with Crippen LogP contribution in [0.1, 0.15) is 43.4 Å². The Hall–Kier alpha value is -0.710. The molecule has 1 fully saturated rings. The minimum absolute atomic E-state index is 0.212. The number of hydrogen-bond acceptors (Lipinski definition) is 3. The molecule has 4 unspecified atom stereocenters. The standard InChI is InChI=1S/C17H25NO2S/c1-2-18-17-15-8-4-3-6-13(15)9-10-16(17)21(19)12-14-7-5-11-20-14/h3-4,6,8,14,16-18H,2,5,7,9-12H2,1H3. The second-order valence-corrected chi connectivity index (χ2v) is 7.69. The Morgan fingerprint density at radius 2 is 2.19 bits per heavy atom. The molecule has 1 aliphatic heterocycles. The van der Waals surface area contributed by atoms with E-state index in [2.05, 4.69) is 36.5 Å². The lowest BCUT2D eigenvalue weighted by molar-refractivity contribution is 0.128. The van der Waals surface area contributed by atoms with Crippen LogP contribution in [0.3, 0.4) is 0 Å². The molecule has 3 nitrogen and oxygen atoms in total. The second kappa shape index (κ2) is 7.03. The smallest absolute Gasteiger partial charge is 0.0691 e. The van der Waals surface area contributed by atoms with Gasteiger partial charge in [0.05, 0.1) is 17.1 Å². The van der Waals surface area contributed by atoms with Crippen molar-refractivity contribution < 1.29 is 8.95 Å². The zero-order chi connectivity index (χ0) is 14.7. The number of benzene rings is 1. The number of nitrogens with one attached hydrogen (secondary N) is 1. The minimum Gasteiger partial charge on any atom is -0.377 e. The van der Waals surface area contributed by atoms with Crippen LogP contribution in [0.2, 0.25) is 0 Å². The molecule has 0 bridgehead atoms. The molecule has 1 aromatic carbocycles. The fourth-order valence-electron chi connectivity index (χ4n) is 3.56. The molecule has 4 atom stereocenters. The van der Waals surface area contributed by atoms with Gasteiger partial charge in [-0.25, -0.2) is 0 Å². The summed E-state index contributed by atoms with van der Waals surface area (Å²) in [6.45, 7) is 3.87. The fourth-order valence-corrected chi connectivity index (χ4v) is 5.36. The molecule has 4 heteroatoms. The predicted molar refractivity (Wildman–Crippen MR) is 87.0 cm³/mol. The van der Waals surface area contributed by atoms with Gasteiger partial charge >= 0.3 is 0 Å². The van der Waals surface area contributed by atoms with E-state index in [1.54, 1.807) is 0 Å². The summed E-state index contributed by atoms with van der Waals surface area (Å²) < 4.78 is 18.5. The maximum Gasteiger partial charge on any atom is 0.0691 e. The molecule has 2 aliphatic rings. The van der Waals surface area contributed by atoms with Gasteiger partial charge in [0.2, 0.25) is 0 Å². The van der Waals surface area contributed by atoms with E-state index in [1.165, 1.54) is 11.1 Å². The third-order valence-electron chi connectivity index (χ3n) is 4.60. The number of fused-ring (bicyclic) bond motifs is 1. The average molecular weight is 307 g/mol. The van der Waals surface area contributed by atoms with Gasteiger partial charge in [0.15, 0.2) is 0 Å². The molecular formula is C17H25NO2S. The van der Waals surface area contributed by atoms with Gasteiger partial charge in [0, 0.05) is 23.4 Å². The van der Waals surface area contributed by atoms with Crippen molar-refractivity contribution in [2.24, 2.45) is 0 Å². The average Bonchev–Trinajstić information content (AvgIpc) is 3.00. The second-order valence-electron chi connectivity index (χ2n) is 5.99. The van der Waals surface area contributed by atoms with Gasteiger partial charge in [-0.15, -0.1) is 0 Å². The normalized spacial score (nSPS) is 30.0. The third kappa shape index (κ3) is 3.38. The highest BCUT2D eigenvalue weighted by atomic mass is 32.2. The quantitative estimate of drug-likeness (QED) is 0.908. The molecule has 0 saturated carbocycles. The van der Waals surface area contributed by atoms with Crippen molar-refractivity contribution >= 4 is 10.8 Å². The van der Waals surface area contributed by atoms with Gasteiger partial charge in [0.25, 0.3) is 0 Å². The highest BCUT2D eigenvalue weighted by molar-refractivity contribution is 7.85. The van der Waals surface area contributed by atoms with Crippen molar-refractivity contribution in [3.05, 3.63) is 35.4 Å². The highest BCUT2D eigenvalue weighted by Gasteiger charge is 2.34. The van der Waals surface area contributed by atoms with Crippen LogP contribution in [-0.2, 0) is 22.0 Å². The van der Waals surface area contributed by atoms with Crippen molar-refractivity contribution in [2.75, 3.05) is 18.9 Å². The Morgan fingerprint density at radius 1 is 1.33 bits per heavy atom. The fraction of sp³-hybridized carbons (Fsp3) is 0.647. The molecule has 116 valence electrons. The first-order valence-electron chi connectivity index (χ1n) is 8.09. The molecule has 0 spiro atoms. The van der Waals surface area contributed by atoms with Crippen LogP contribution >= 0.6 is 0 Å². The zero-order valence-corrected chi connectivity index (χ0v) is 13.5. The number of ether oxygens (including phenoxy) is 1. The molecule has 3 rings (SSSR count). The Labute approximate surface area is 129 Å². The lowest BCUT2D eigenvalue weighted by Gasteiger charge is -2.34. The summed E-state index contributed by atoms with van der Waals surface area (Å²) in [4.78, 5) is 0. The topological polar surface area (TPSA) is 38.3 Å². The van der Waals surface area contributed by atoms with Crippen LogP contribution in [0.15, 0.2) is 24.3 Å². The molecular weight excluding hydrogens is 282 g/mol. The third-order valence-corrected chi connectivity index (χ3v) is 6.48. The molecule has 0 aromatic heterocycles. The maximum absolute atomic E-state index is 12.8. The minimum atomic E-state index is -0.823. The van der Waals surface area contributed by atoms with Crippen LogP contribution in [-0.4, -0.2) is 34.5 Å². The summed E-state index contributed by atoms with van der Waals surface area (Å²) in [7, 11) is -0.823. The van der Waals surface area contributed by atoms with Crippen LogP contribution in [0.4, 0.5) is 0 Å². The van der Waals surface area contributed by atoms with Gasteiger partial charge < -0.3 is 10.1 Å². The van der Waals surface area contributed by atoms with E-state index >= 15 is 0 Å². The first-order valence-corrected chi connectivity index (χ1v) is 9.47. The molecule has 0 radical (unpaired) electrons. The van der Waals surface area contributed by atoms with Gasteiger partial charge in [0.1, 0.15) is 0 Å². The monoisotopic (exact) mass is 307 g/mol. The molecule has 0 amide bonds. The van der Waals surface area contributed by atoms with Gasteiger partial charge in [-0.05, 0) is 43.4 Å². The van der Waals surface area contributed by atoms with Gasteiger partial charge in [-0.2, -0.15) is 0 Å². The summed E-state index contributed by atoms with van der Waals surface area (Å²) in [5.41, 5.74) is 2.75. The molecule has 21 heavy (non-hydrogen) atoms. The van der Waals surface area contributed by atoms with Crippen molar-refractivity contribution in [3.8, 4) is 0 Å². The largest absolute Gasteiger partial charge is 0.377 e. The van der Waals surface area contributed by atoms with Gasteiger partial charge in [-0.3, -0.25) is 4.21 Å². The Balaban J connectivity index is 1.76. The Bertz CT molecular complexity index is 499. The summed E-state index contributed by atoms with van der Waals surface area (Å²) in [5, 5.41) is 3.77. The summed E-state index contributed by atoms with van der Waals surface area (Å²) in [5.74, 6) is 0.703. The number of aryl methyl sites for hydroxylation is 1. The van der Waals surface area contributed by atoms with Crippen LogP contribution in [0, 0.1) is 0 Å². The van der Waals surface area contributed by atoms with Gasteiger partial charge in [-0.1, -0.05) is 31.2 Å². The summed E-state index contributed by atoms with van der Waals surface area (Å²) in [6.07, 6.45) is 4.45. The molecule has 1 N–H and O–H groups in total. The lowest BCUT2D eigenvalue weighted by Crippen LogP contribution is -2.40. The molecule has 1 heterocycles.